The minimum atomic E-state index is -0.270. The maximum Gasteiger partial charge on any atom is 0.286 e. The number of hydrazine groups is 1. The second-order valence-electron chi connectivity index (χ2n) is 5.74. The first-order chi connectivity index (χ1) is 12.1. The summed E-state index contributed by atoms with van der Waals surface area (Å²) in [6.45, 7) is 0.699. The lowest BCUT2D eigenvalue weighted by atomic mass is 10.2. The molecule has 0 fully saturated rings. The first-order valence-corrected chi connectivity index (χ1v) is 8.41. The molecule has 0 radical (unpaired) electrons. The van der Waals surface area contributed by atoms with E-state index in [1.165, 1.54) is 0 Å². The predicted molar refractivity (Wildman–Crippen MR) is 101 cm³/mol. The van der Waals surface area contributed by atoms with Crippen molar-refractivity contribution in [3.05, 3.63) is 54.2 Å². The number of nitrogens with one attached hydrogen (secondary N) is 4. The Bertz CT molecular complexity index is 851. The summed E-state index contributed by atoms with van der Waals surface area (Å²) in [4.78, 5) is 19.5. The van der Waals surface area contributed by atoms with Crippen molar-refractivity contribution in [2.75, 3.05) is 6.54 Å². The molecule has 130 valence electrons. The van der Waals surface area contributed by atoms with E-state index in [9.17, 15) is 4.79 Å². The second kappa shape index (κ2) is 7.80. The number of aromatic amines is 1. The number of imidazole rings is 1. The van der Waals surface area contributed by atoms with Crippen molar-refractivity contribution in [3.8, 4) is 0 Å². The molecule has 2 aromatic heterocycles. The fourth-order valence-electron chi connectivity index (χ4n) is 2.49. The molecule has 25 heavy (non-hydrogen) atoms. The lowest BCUT2D eigenvalue weighted by Gasteiger charge is -2.10. The summed E-state index contributed by atoms with van der Waals surface area (Å²) in [5.41, 5.74) is 7.74. The molecule has 3 aromatic rings. The summed E-state index contributed by atoms with van der Waals surface area (Å²) < 4.78 is 1.93. The zero-order chi connectivity index (χ0) is 17.6. The van der Waals surface area contributed by atoms with Crippen molar-refractivity contribution < 1.29 is 4.79 Å². The molecule has 8 heteroatoms. The van der Waals surface area contributed by atoms with Crippen LogP contribution in [0.1, 0.15) is 22.6 Å². The molecule has 0 aliphatic carbocycles. The Morgan fingerprint density at radius 2 is 2.16 bits per heavy atom. The number of carbonyl (C=O) groups excluding carboxylic acids is 1. The molecule has 0 spiro atoms. The van der Waals surface area contributed by atoms with E-state index in [1.54, 1.807) is 12.4 Å². The van der Waals surface area contributed by atoms with Gasteiger partial charge >= 0.3 is 0 Å². The summed E-state index contributed by atoms with van der Waals surface area (Å²) in [5, 5.41) is 4.42. The van der Waals surface area contributed by atoms with Crippen LogP contribution in [0.25, 0.3) is 10.9 Å². The Morgan fingerprint density at radius 1 is 1.32 bits per heavy atom. The zero-order valence-electron chi connectivity index (χ0n) is 13.9. The van der Waals surface area contributed by atoms with Gasteiger partial charge in [0.15, 0.2) is 5.11 Å². The van der Waals surface area contributed by atoms with Crippen molar-refractivity contribution in [1.29, 1.82) is 0 Å². The largest absolute Gasteiger partial charge is 0.361 e. The number of aromatic nitrogens is 3. The topological polar surface area (TPSA) is 86.8 Å². The number of benzene rings is 1. The van der Waals surface area contributed by atoms with Gasteiger partial charge in [0.1, 0.15) is 5.69 Å². The van der Waals surface area contributed by atoms with Crippen LogP contribution in [-0.4, -0.2) is 32.1 Å². The number of hydrogen-bond donors (Lipinski definition) is 4. The van der Waals surface area contributed by atoms with Crippen molar-refractivity contribution in [1.82, 2.24) is 30.7 Å². The lowest BCUT2D eigenvalue weighted by Crippen LogP contribution is -2.47. The molecule has 3 rings (SSSR count). The van der Waals surface area contributed by atoms with Crippen molar-refractivity contribution >= 4 is 34.1 Å². The number of aryl methyl sites for hydroxylation is 2. The fraction of sp³-hybridized carbons (Fsp3) is 0.235. The lowest BCUT2D eigenvalue weighted by molar-refractivity contribution is 0.0939. The van der Waals surface area contributed by atoms with E-state index in [4.69, 9.17) is 12.2 Å². The third kappa shape index (κ3) is 4.57. The van der Waals surface area contributed by atoms with Gasteiger partial charge in [0.2, 0.25) is 0 Å². The van der Waals surface area contributed by atoms with Gasteiger partial charge in [-0.2, -0.15) is 0 Å². The number of thiocarbonyl (C=S) groups is 1. The molecular formula is C17H20N6OS. The summed E-state index contributed by atoms with van der Waals surface area (Å²) in [6, 6.07) is 9.52. The number of amides is 1. The first kappa shape index (κ1) is 17.0. The van der Waals surface area contributed by atoms with E-state index in [-0.39, 0.29) is 5.91 Å². The van der Waals surface area contributed by atoms with Crippen LogP contribution in [0.2, 0.25) is 0 Å². The van der Waals surface area contributed by atoms with E-state index < -0.39 is 0 Å². The van der Waals surface area contributed by atoms with Crippen LogP contribution in [-0.2, 0) is 13.5 Å². The molecule has 7 nitrogen and oxygen atoms in total. The highest BCUT2D eigenvalue weighted by atomic mass is 32.1. The van der Waals surface area contributed by atoms with Crippen LogP contribution in [0, 0.1) is 0 Å². The summed E-state index contributed by atoms with van der Waals surface area (Å²) in [5.74, 6) is -0.270. The average molecular weight is 356 g/mol. The second-order valence-corrected chi connectivity index (χ2v) is 6.15. The quantitative estimate of drug-likeness (QED) is 0.317. The smallest absolute Gasteiger partial charge is 0.286 e. The number of fused-ring (bicyclic) bond motifs is 1. The van der Waals surface area contributed by atoms with Gasteiger partial charge in [0.25, 0.3) is 5.91 Å². The van der Waals surface area contributed by atoms with Gasteiger partial charge in [0.05, 0.1) is 12.0 Å². The maximum atomic E-state index is 12.1. The minimum absolute atomic E-state index is 0.270. The monoisotopic (exact) mass is 356 g/mol. The van der Waals surface area contributed by atoms with Crippen LogP contribution in [0.4, 0.5) is 0 Å². The molecule has 0 aliphatic heterocycles. The van der Waals surface area contributed by atoms with E-state index in [1.807, 2.05) is 42.1 Å². The molecular weight excluding hydrogens is 336 g/mol. The van der Waals surface area contributed by atoms with Gasteiger partial charge in [-0.05, 0) is 37.2 Å². The average Bonchev–Trinajstić information content (AvgIpc) is 3.22. The van der Waals surface area contributed by atoms with Gasteiger partial charge < -0.3 is 14.9 Å². The van der Waals surface area contributed by atoms with Gasteiger partial charge in [-0.3, -0.25) is 15.6 Å². The van der Waals surface area contributed by atoms with Crippen molar-refractivity contribution in [2.24, 2.45) is 7.05 Å². The van der Waals surface area contributed by atoms with E-state index in [2.05, 4.69) is 26.1 Å². The molecule has 0 aliphatic rings. The third-order valence-electron chi connectivity index (χ3n) is 3.72. The number of carbonyl (C=O) groups is 1. The molecule has 0 atom stereocenters. The van der Waals surface area contributed by atoms with Crippen molar-refractivity contribution in [2.45, 2.75) is 12.8 Å². The van der Waals surface area contributed by atoms with Crippen LogP contribution in [0.15, 0.2) is 42.9 Å². The number of H-pyrrole nitrogens is 1. The summed E-state index contributed by atoms with van der Waals surface area (Å²) in [6.07, 6.45) is 5.55. The Morgan fingerprint density at radius 3 is 2.92 bits per heavy atom. The minimum Gasteiger partial charge on any atom is -0.361 e. The molecule has 0 bridgehead atoms. The number of rotatable bonds is 5. The molecule has 1 aromatic carbocycles. The number of hydrogen-bond acceptors (Lipinski definition) is 3. The Balaban J connectivity index is 1.38. The van der Waals surface area contributed by atoms with E-state index in [0.29, 0.717) is 17.4 Å². The number of para-hydroxylation sites is 1. The molecule has 1 amide bonds. The molecule has 0 unspecified atom stereocenters. The van der Waals surface area contributed by atoms with E-state index in [0.717, 1.165) is 29.4 Å². The normalized spacial score (nSPS) is 10.6. The van der Waals surface area contributed by atoms with Crippen LogP contribution < -0.4 is 16.2 Å². The summed E-state index contributed by atoms with van der Waals surface area (Å²) in [7, 11) is 1.95. The van der Waals surface area contributed by atoms with Gasteiger partial charge in [-0.15, -0.1) is 0 Å². The molecule has 0 saturated carbocycles. The van der Waals surface area contributed by atoms with Crippen LogP contribution in [0.3, 0.4) is 0 Å². The SMILES string of the molecule is Cn1cnc(CCCNC(=S)NNC(=O)c2cc3ccccc3[nH]2)c1. The molecule has 2 heterocycles. The zero-order valence-corrected chi connectivity index (χ0v) is 14.7. The van der Waals surface area contributed by atoms with Crippen molar-refractivity contribution in [3.63, 3.8) is 0 Å². The molecule has 0 saturated heterocycles. The highest BCUT2D eigenvalue weighted by Gasteiger charge is 2.09. The highest BCUT2D eigenvalue weighted by Crippen LogP contribution is 2.14. The van der Waals surface area contributed by atoms with E-state index >= 15 is 0 Å². The fourth-order valence-corrected chi connectivity index (χ4v) is 2.64. The Kier molecular flexibility index (Phi) is 5.30. The Labute approximate surface area is 150 Å². The summed E-state index contributed by atoms with van der Waals surface area (Å²) >= 11 is 5.15. The Hall–Kier alpha value is -2.87. The van der Waals surface area contributed by atoms with Crippen LogP contribution >= 0.6 is 12.2 Å². The molecule has 4 N–H and O–H groups in total. The first-order valence-electron chi connectivity index (χ1n) is 8.00. The third-order valence-corrected chi connectivity index (χ3v) is 3.96. The van der Waals surface area contributed by atoms with Gasteiger partial charge in [-0.1, -0.05) is 18.2 Å². The number of nitrogens with zero attached hydrogens (tertiary/aromatic N) is 2. The predicted octanol–water partition coefficient (Wildman–Crippen LogP) is 1.64. The van der Waals surface area contributed by atoms with Crippen LogP contribution in [0.5, 0.6) is 0 Å². The maximum absolute atomic E-state index is 12.1. The van der Waals surface area contributed by atoms with Gasteiger partial charge in [0, 0.05) is 30.7 Å². The highest BCUT2D eigenvalue weighted by molar-refractivity contribution is 7.80. The van der Waals surface area contributed by atoms with Gasteiger partial charge in [-0.25, -0.2) is 4.98 Å². The standard InChI is InChI=1S/C17H20N6OS/c1-23-10-13(19-11-23)6-4-8-18-17(25)22-21-16(24)15-9-12-5-2-3-7-14(12)20-15/h2-3,5,7,9-11,20H,4,6,8H2,1H3,(H,21,24)(H2,18,22,25).